The van der Waals surface area contributed by atoms with Crippen LogP contribution in [0.15, 0.2) is 23.7 Å². The Hall–Kier alpha value is -1.13. The van der Waals surface area contributed by atoms with Crippen LogP contribution in [0, 0.1) is 0 Å². The Bertz CT molecular complexity index is 579. The van der Waals surface area contributed by atoms with Gasteiger partial charge in [-0.25, -0.2) is 4.98 Å². The van der Waals surface area contributed by atoms with E-state index in [1.807, 2.05) is 17.6 Å². The second-order valence-electron chi connectivity index (χ2n) is 2.83. The first kappa shape index (κ1) is 7.29. The summed E-state index contributed by atoms with van der Waals surface area (Å²) in [5.74, 6) is 0. The van der Waals surface area contributed by atoms with Crippen molar-refractivity contribution < 1.29 is 0 Å². The van der Waals surface area contributed by atoms with E-state index in [2.05, 4.69) is 11.1 Å². The molecule has 0 aliphatic carbocycles. The van der Waals surface area contributed by atoms with Crippen LogP contribution in [0.5, 0.6) is 0 Å². The van der Waals surface area contributed by atoms with Crippen molar-refractivity contribution in [1.82, 2.24) is 4.98 Å². The molecule has 3 rings (SSSR count). The third-order valence-electron chi connectivity index (χ3n) is 2.00. The molecule has 2 nitrogen and oxygen atoms in total. The molecule has 13 heavy (non-hydrogen) atoms. The Balaban J connectivity index is 2.64. The van der Waals surface area contributed by atoms with Crippen LogP contribution in [0.1, 0.15) is 0 Å². The highest BCUT2D eigenvalue weighted by atomic mass is 32.1. The van der Waals surface area contributed by atoms with Gasteiger partial charge in [0.25, 0.3) is 0 Å². The van der Waals surface area contributed by atoms with Crippen LogP contribution in [0.4, 0.5) is 5.00 Å². The number of nitrogen functional groups attached to an aromatic ring is 1. The van der Waals surface area contributed by atoms with Gasteiger partial charge in [0.05, 0.1) is 25.4 Å². The number of fused-ring (bicyclic) bond motifs is 3. The zero-order chi connectivity index (χ0) is 8.84. The molecular formula is C9H6N2S2. The third-order valence-corrected chi connectivity index (χ3v) is 3.99. The summed E-state index contributed by atoms with van der Waals surface area (Å²) in [6.45, 7) is 0. The molecule has 0 radical (unpaired) electrons. The van der Waals surface area contributed by atoms with E-state index in [0.29, 0.717) is 0 Å². The third kappa shape index (κ3) is 0.959. The van der Waals surface area contributed by atoms with Crippen molar-refractivity contribution in [2.24, 2.45) is 0 Å². The van der Waals surface area contributed by atoms with Crippen molar-refractivity contribution in [2.75, 3.05) is 5.73 Å². The molecule has 0 saturated carbocycles. The average Bonchev–Trinajstić information content (AvgIpc) is 2.65. The average molecular weight is 206 g/mol. The molecule has 0 aliphatic rings. The SMILES string of the molecule is Nc1cc2ccc3ncsc3c2s1. The smallest absolute Gasteiger partial charge is 0.0869 e. The second kappa shape index (κ2) is 2.43. The highest BCUT2D eigenvalue weighted by Gasteiger charge is 2.05. The standard InChI is InChI=1S/C9H6N2S2/c10-7-3-5-1-2-6-9(8(5)13-7)12-4-11-6/h1-4H,10H2. The van der Waals surface area contributed by atoms with Crippen LogP contribution in [-0.2, 0) is 0 Å². The summed E-state index contributed by atoms with van der Waals surface area (Å²) in [5.41, 5.74) is 8.70. The molecular weight excluding hydrogens is 200 g/mol. The molecule has 0 unspecified atom stereocenters. The summed E-state index contributed by atoms with van der Waals surface area (Å²) in [5, 5.41) is 2.09. The van der Waals surface area contributed by atoms with E-state index in [9.17, 15) is 0 Å². The van der Waals surface area contributed by atoms with Gasteiger partial charge in [0.1, 0.15) is 0 Å². The number of thiazole rings is 1. The molecule has 64 valence electrons. The molecule has 2 aromatic heterocycles. The minimum Gasteiger partial charge on any atom is -0.391 e. The van der Waals surface area contributed by atoms with Gasteiger partial charge in [-0.3, -0.25) is 0 Å². The number of anilines is 1. The lowest BCUT2D eigenvalue weighted by atomic mass is 10.2. The van der Waals surface area contributed by atoms with Crippen molar-refractivity contribution in [2.45, 2.75) is 0 Å². The zero-order valence-electron chi connectivity index (χ0n) is 6.65. The Kier molecular flexibility index (Phi) is 1.36. The van der Waals surface area contributed by atoms with E-state index in [0.717, 1.165) is 10.5 Å². The van der Waals surface area contributed by atoms with Gasteiger partial charge in [-0.1, -0.05) is 6.07 Å². The molecule has 0 amide bonds. The van der Waals surface area contributed by atoms with Gasteiger partial charge in [-0.15, -0.1) is 22.7 Å². The lowest BCUT2D eigenvalue weighted by Gasteiger charge is -1.88. The van der Waals surface area contributed by atoms with Gasteiger partial charge in [0, 0.05) is 0 Å². The number of nitrogens with zero attached hydrogens (tertiary/aromatic N) is 1. The Morgan fingerprint density at radius 2 is 2.15 bits per heavy atom. The largest absolute Gasteiger partial charge is 0.391 e. The van der Waals surface area contributed by atoms with Crippen molar-refractivity contribution in [3.63, 3.8) is 0 Å². The molecule has 3 aromatic rings. The zero-order valence-corrected chi connectivity index (χ0v) is 8.28. The van der Waals surface area contributed by atoms with Crippen molar-refractivity contribution in [3.05, 3.63) is 23.7 Å². The predicted molar refractivity (Wildman–Crippen MR) is 59.4 cm³/mol. The van der Waals surface area contributed by atoms with Crippen LogP contribution in [-0.4, -0.2) is 4.98 Å². The molecule has 2 heterocycles. The van der Waals surface area contributed by atoms with Gasteiger partial charge < -0.3 is 5.73 Å². The first-order valence-corrected chi connectivity index (χ1v) is 5.55. The van der Waals surface area contributed by atoms with E-state index in [1.165, 1.54) is 14.8 Å². The number of nitrogens with two attached hydrogens (primary N) is 1. The van der Waals surface area contributed by atoms with E-state index in [1.54, 1.807) is 22.7 Å². The molecule has 0 atom stereocenters. The number of thiophene rings is 1. The monoisotopic (exact) mass is 206 g/mol. The molecule has 0 saturated heterocycles. The van der Waals surface area contributed by atoms with Crippen LogP contribution in [0.3, 0.4) is 0 Å². The van der Waals surface area contributed by atoms with Crippen molar-refractivity contribution >= 4 is 48.0 Å². The van der Waals surface area contributed by atoms with Crippen molar-refractivity contribution in [3.8, 4) is 0 Å². The summed E-state index contributed by atoms with van der Waals surface area (Å²) in [7, 11) is 0. The summed E-state index contributed by atoms with van der Waals surface area (Å²) in [6, 6.07) is 6.13. The molecule has 4 heteroatoms. The summed E-state index contributed by atoms with van der Waals surface area (Å²) in [6.07, 6.45) is 0. The van der Waals surface area contributed by atoms with Crippen LogP contribution < -0.4 is 5.73 Å². The number of rotatable bonds is 0. The van der Waals surface area contributed by atoms with Gasteiger partial charge >= 0.3 is 0 Å². The Morgan fingerprint density at radius 3 is 3.08 bits per heavy atom. The molecule has 0 aliphatic heterocycles. The Labute approximate surface area is 82.6 Å². The van der Waals surface area contributed by atoms with E-state index >= 15 is 0 Å². The second-order valence-corrected chi connectivity index (χ2v) is 4.77. The maximum absolute atomic E-state index is 5.75. The van der Waals surface area contributed by atoms with Crippen LogP contribution in [0.2, 0.25) is 0 Å². The fourth-order valence-electron chi connectivity index (χ4n) is 1.44. The first-order valence-electron chi connectivity index (χ1n) is 3.86. The molecule has 0 spiro atoms. The lowest BCUT2D eigenvalue weighted by molar-refractivity contribution is 1.51. The van der Waals surface area contributed by atoms with E-state index in [4.69, 9.17) is 5.73 Å². The minimum atomic E-state index is 0.871. The highest BCUT2D eigenvalue weighted by molar-refractivity contribution is 7.28. The number of aromatic nitrogens is 1. The topological polar surface area (TPSA) is 38.9 Å². The number of hydrogen-bond acceptors (Lipinski definition) is 4. The fourth-order valence-corrected chi connectivity index (χ4v) is 3.31. The maximum atomic E-state index is 5.75. The van der Waals surface area contributed by atoms with Gasteiger partial charge in [-0.05, 0) is 17.5 Å². The quantitative estimate of drug-likeness (QED) is 0.614. The minimum absolute atomic E-state index is 0.871. The number of hydrogen-bond donors (Lipinski definition) is 1. The van der Waals surface area contributed by atoms with E-state index < -0.39 is 0 Å². The lowest BCUT2D eigenvalue weighted by Crippen LogP contribution is -1.72. The highest BCUT2D eigenvalue weighted by Crippen LogP contribution is 2.35. The normalized spacial score (nSPS) is 11.4. The van der Waals surface area contributed by atoms with Gasteiger partial charge in [0.15, 0.2) is 0 Å². The fraction of sp³-hybridized carbons (Fsp3) is 0. The Morgan fingerprint density at radius 1 is 1.23 bits per heavy atom. The molecule has 0 bridgehead atoms. The van der Waals surface area contributed by atoms with Gasteiger partial charge in [0.2, 0.25) is 0 Å². The maximum Gasteiger partial charge on any atom is 0.0869 e. The molecule has 1 aromatic carbocycles. The van der Waals surface area contributed by atoms with Gasteiger partial charge in [-0.2, -0.15) is 0 Å². The predicted octanol–water partition coefficient (Wildman–Crippen LogP) is 3.09. The van der Waals surface area contributed by atoms with Crippen LogP contribution >= 0.6 is 22.7 Å². The van der Waals surface area contributed by atoms with E-state index in [-0.39, 0.29) is 0 Å². The first-order chi connectivity index (χ1) is 6.34. The molecule has 0 fully saturated rings. The van der Waals surface area contributed by atoms with Crippen LogP contribution in [0.25, 0.3) is 20.3 Å². The summed E-state index contributed by atoms with van der Waals surface area (Å²) < 4.78 is 2.51. The molecule has 2 N–H and O–H groups in total. The number of benzene rings is 1. The van der Waals surface area contributed by atoms with Crippen molar-refractivity contribution in [1.29, 1.82) is 0 Å². The summed E-state index contributed by atoms with van der Waals surface area (Å²) in [4.78, 5) is 4.26. The summed E-state index contributed by atoms with van der Waals surface area (Å²) >= 11 is 3.31.